The number of rotatable bonds is 5. The zero-order chi connectivity index (χ0) is 18.7. The van der Waals surface area contributed by atoms with Crippen LogP contribution in [-0.2, 0) is 4.79 Å². The van der Waals surface area contributed by atoms with Crippen molar-refractivity contribution in [2.24, 2.45) is 0 Å². The fourth-order valence-corrected chi connectivity index (χ4v) is 3.72. The Morgan fingerprint density at radius 2 is 1.92 bits per heavy atom. The summed E-state index contributed by atoms with van der Waals surface area (Å²) in [7, 11) is 0. The van der Waals surface area contributed by atoms with Crippen LogP contribution in [0.1, 0.15) is 11.1 Å². The number of para-hydroxylation sites is 1. The van der Waals surface area contributed by atoms with E-state index in [1.165, 1.54) is 11.8 Å². The van der Waals surface area contributed by atoms with Crippen molar-refractivity contribution in [2.75, 3.05) is 11.1 Å². The summed E-state index contributed by atoms with van der Waals surface area (Å²) < 4.78 is 1.97. The number of hydrogen-bond acceptors (Lipinski definition) is 3. The normalized spacial score (nSPS) is 10.8. The number of nitrogens with one attached hydrogen (secondary N) is 1. The molecule has 1 heterocycles. The van der Waals surface area contributed by atoms with E-state index in [4.69, 9.17) is 23.2 Å². The molecule has 1 N–H and O–H groups in total. The number of aryl methyl sites for hydroxylation is 2. The molecule has 3 aromatic rings. The molecule has 3 rings (SSSR count). The Bertz CT molecular complexity index is 956. The van der Waals surface area contributed by atoms with Gasteiger partial charge in [0.1, 0.15) is 0 Å². The SMILES string of the molecule is Cc1ccccc1-n1ccnc1SCC(=O)Nc1c(Cl)ccc(C)c1Cl. The summed E-state index contributed by atoms with van der Waals surface area (Å²) in [6.45, 7) is 3.90. The number of nitrogens with zero attached hydrogens (tertiary/aromatic N) is 2. The molecule has 1 aromatic heterocycles. The molecule has 26 heavy (non-hydrogen) atoms. The van der Waals surface area contributed by atoms with Crippen LogP contribution in [0.15, 0.2) is 53.9 Å². The lowest BCUT2D eigenvalue weighted by molar-refractivity contribution is -0.113. The van der Waals surface area contributed by atoms with E-state index in [0.29, 0.717) is 15.7 Å². The zero-order valence-corrected chi connectivity index (χ0v) is 16.6. The Labute approximate surface area is 166 Å². The van der Waals surface area contributed by atoms with Gasteiger partial charge in [-0.1, -0.05) is 59.2 Å². The van der Waals surface area contributed by atoms with Crippen LogP contribution in [0.25, 0.3) is 5.69 Å². The van der Waals surface area contributed by atoms with Crippen molar-refractivity contribution in [2.45, 2.75) is 19.0 Å². The number of benzene rings is 2. The van der Waals surface area contributed by atoms with Crippen LogP contribution < -0.4 is 5.32 Å². The number of imidazole rings is 1. The second-order valence-corrected chi connectivity index (χ2v) is 7.48. The number of amides is 1. The molecule has 1 amide bonds. The fourth-order valence-electron chi connectivity index (χ4n) is 2.49. The van der Waals surface area contributed by atoms with Gasteiger partial charge in [0.2, 0.25) is 5.91 Å². The smallest absolute Gasteiger partial charge is 0.234 e. The average molecular weight is 406 g/mol. The van der Waals surface area contributed by atoms with Gasteiger partial charge in [-0.25, -0.2) is 4.98 Å². The minimum atomic E-state index is -0.191. The summed E-state index contributed by atoms with van der Waals surface area (Å²) in [6.07, 6.45) is 3.61. The number of carbonyl (C=O) groups is 1. The van der Waals surface area contributed by atoms with Gasteiger partial charge in [-0.3, -0.25) is 9.36 Å². The lowest BCUT2D eigenvalue weighted by Gasteiger charge is -2.12. The van der Waals surface area contributed by atoms with Gasteiger partial charge < -0.3 is 5.32 Å². The van der Waals surface area contributed by atoms with E-state index in [2.05, 4.69) is 10.3 Å². The Morgan fingerprint density at radius 3 is 2.69 bits per heavy atom. The number of hydrogen-bond donors (Lipinski definition) is 1. The van der Waals surface area contributed by atoms with Gasteiger partial charge in [-0.2, -0.15) is 0 Å². The largest absolute Gasteiger partial charge is 0.323 e. The summed E-state index contributed by atoms with van der Waals surface area (Å²) >= 11 is 13.7. The molecular formula is C19H17Cl2N3OS. The van der Waals surface area contributed by atoms with Crippen LogP contribution in [-0.4, -0.2) is 21.2 Å². The Balaban J connectivity index is 1.71. The molecule has 0 aliphatic rings. The molecule has 0 unspecified atom stereocenters. The van der Waals surface area contributed by atoms with Crippen molar-refractivity contribution >= 4 is 46.6 Å². The van der Waals surface area contributed by atoms with E-state index >= 15 is 0 Å². The van der Waals surface area contributed by atoms with Crippen LogP contribution in [0.4, 0.5) is 5.69 Å². The van der Waals surface area contributed by atoms with Crippen molar-refractivity contribution in [1.29, 1.82) is 0 Å². The number of carbonyl (C=O) groups excluding carboxylic acids is 1. The first-order valence-electron chi connectivity index (χ1n) is 7.94. The third kappa shape index (κ3) is 4.06. The van der Waals surface area contributed by atoms with Crippen molar-refractivity contribution in [3.8, 4) is 5.69 Å². The molecule has 0 radical (unpaired) electrons. The van der Waals surface area contributed by atoms with Crippen LogP contribution in [0.3, 0.4) is 0 Å². The van der Waals surface area contributed by atoms with Crippen molar-refractivity contribution in [1.82, 2.24) is 9.55 Å². The molecule has 7 heteroatoms. The van der Waals surface area contributed by atoms with Crippen molar-refractivity contribution in [3.05, 3.63) is 70.0 Å². The van der Waals surface area contributed by atoms with Crippen LogP contribution in [0, 0.1) is 13.8 Å². The molecule has 0 atom stereocenters. The number of thioether (sulfide) groups is 1. The summed E-state index contributed by atoms with van der Waals surface area (Å²) in [6, 6.07) is 11.6. The fraction of sp³-hybridized carbons (Fsp3) is 0.158. The first-order valence-corrected chi connectivity index (χ1v) is 9.68. The van der Waals surface area contributed by atoms with Crippen molar-refractivity contribution in [3.63, 3.8) is 0 Å². The average Bonchev–Trinajstić information content (AvgIpc) is 3.09. The second kappa shape index (κ2) is 8.16. The quantitative estimate of drug-likeness (QED) is 0.567. The molecule has 0 aliphatic heterocycles. The van der Waals surface area contributed by atoms with Gasteiger partial charge >= 0.3 is 0 Å². The Hall–Kier alpha value is -1.95. The van der Waals surface area contributed by atoms with Gasteiger partial charge in [0, 0.05) is 12.4 Å². The van der Waals surface area contributed by atoms with Gasteiger partial charge in [0.25, 0.3) is 0 Å². The Kier molecular flexibility index (Phi) is 5.91. The summed E-state index contributed by atoms with van der Waals surface area (Å²) in [5.41, 5.74) is 3.48. The minimum Gasteiger partial charge on any atom is -0.323 e. The van der Waals surface area contributed by atoms with E-state index < -0.39 is 0 Å². The maximum Gasteiger partial charge on any atom is 0.234 e. The highest BCUT2D eigenvalue weighted by Crippen LogP contribution is 2.33. The predicted molar refractivity (Wildman–Crippen MR) is 109 cm³/mol. The highest BCUT2D eigenvalue weighted by Gasteiger charge is 2.14. The van der Waals surface area contributed by atoms with E-state index in [1.54, 1.807) is 12.3 Å². The van der Waals surface area contributed by atoms with E-state index in [1.807, 2.05) is 54.9 Å². The van der Waals surface area contributed by atoms with Gasteiger partial charge in [-0.05, 0) is 37.1 Å². The van der Waals surface area contributed by atoms with Gasteiger partial charge in [0.05, 0.1) is 27.2 Å². The van der Waals surface area contributed by atoms with Crippen LogP contribution in [0.5, 0.6) is 0 Å². The third-order valence-corrected chi connectivity index (χ3v) is 5.63. The summed E-state index contributed by atoms with van der Waals surface area (Å²) in [4.78, 5) is 16.7. The second-order valence-electron chi connectivity index (χ2n) is 5.76. The predicted octanol–water partition coefficient (Wildman–Crippen LogP) is 5.53. The number of anilines is 1. The minimum absolute atomic E-state index is 0.191. The molecule has 2 aromatic carbocycles. The molecule has 0 bridgehead atoms. The molecule has 0 fully saturated rings. The summed E-state index contributed by atoms with van der Waals surface area (Å²) in [5, 5.41) is 4.41. The number of halogens is 2. The molecular weight excluding hydrogens is 389 g/mol. The highest BCUT2D eigenvalue weighted by atomic mass is 35.5. The van der Waals surface area contributed by atoms with Crippen LogP contribution in [0.2, 0.25) is 10.0 Å². The van der Waals surface area contributed by atoms with E-state index in [0.717, 1.165) is 22.0 Å². The summed E-state index contributed by atoms with van der Waals surface area (Å²) in [5.74, 6) is 0.00692. The monoisotopic (exact) mass is 405 g/mol. The lowest BCUT2D eigenvalue weighted by Crippen LogP contribution is -2.15. The topological polar surface area (TPSA) is 46.9 Å². The molecule has 4 nitrogen and oxygen atoms in total. The first kappa shape index (κ1) is 18.8. The van der Waals surface area contributed by atoms with Gasteiger partial charge in [-0.15, -0.1) is 0 Å². The standard InChI is InChI=1S/C19H17Cl2N3OS/c1-12-5-3-4-6-15(12)24-10-9-22-19(24)26-11-16(25)23-18-14(20)8-7-13(2)17(18)21/h3-10H,11H2,1-2H3,(H,23,25). The third-order valence-electron chi connectivity index (χ3n) is 3.86. The lowest BCUT2D eigenvalue weighted by atomic mass is 10.2. The molecule has 0 spiro atoms. The zero-order valence-electron chi connectivity index (χ0n) is 14.3. The molecule has 0 saturated heterocycles. The first-order chi connectivity index (χ1) is 12.5. The molecule has 0 saturated carbocycles. The highest BCUT2D eigenvalue weighted by molar-refractivity contribution is 7.99. The van der Waals surface area contributed by atoms with E-state index in [-0.39, 0.29) is 11.7 Å². The van der Waals surface area contributed by atoms with E-state index in [9.17, 15) is 4.79 Å². The van der Waals surface area contributed by atoms with Crippen molar-refractivity contribution < 1.29 is 4.79 Å². The van der Waals surface area contributed by atoms with Crippen LogP contribution >= 0.6 is 35.0 Å². The maximum absolute atomic E-state index is 12.4. The molecule has 134 valence electrons. The van der Waals surface area contributed by atoms with Gasteiger partial charge in [0.15, 0.2) is 5.16 Å². The maximum atomic E-state index is 12.4. The Morgan fingerprint density at radius 1 is 1.15 bits per heavy atom. The molecule has 0 aliphatic carbocycles. The number of aromatic nitrogens is 2.